The van der Waals surface area contributed by atoms with Crippen LogP contribution in [0.1, 0.15) is 32.6 Å². The van der Waals surface area contributed by atoms with E-state index in [9.17, 15) is 0 Å². The van der Waals surface area contributed by atoms with Crippen LogP contribution in [0, 0.1) is 5.92 Å². The second-order valence-corrected chi connectivity index (χ2v) is 5.29. The van der Waals surface area contributed by atoms with Crippen molar-refractivity contribution in [1.82, 2.24) is 15.0 Å². The maximum absolute atomic E-state index is 5.94. The lowest BCUT2D eigenvalue weighted by Gasteiger charge is -2.22. The molecule has 0 aromatic carbocycles. The second kappa shape index (κ2) is 4.88. The molecule has 0 N–H and O–H groups in total. The minimum atomic E-state index is 0.213. The zero-order valence-electron chi connectivity index (χ0n) is 10.5. The Labute approximate surface area is 112 Å². The van der Waals surface area contributed by atoms with Crippen LogP contribution in [0.25, 0.3) is 0 Å². The predicted octanol–water partition coefficient (Wildman–Crippen LogP) is 2.30. The van der Waals surface area contributed by atoms with Crippen molar-refractivity contribution < 1.29 is 4.74 Å². The number of aromatic nitrogens is 3. The van der Waals surface area contributed by atoms with E-state index in [1.165, 1.54) is 25.7 Å². The molecule has 98 valence electrons. The van der Waals surface area contributed by atoms with Crippen LogP contribution in [-0.4, -0.2) is 34.1 Å². The standard InChI is InChI=1S/C12H17ClN4O/c1-2-18-12-15-10(13)14-11(16-12)17(9-5-6-9)7-8-3-4-8/h8-9H,2-7H2,1H3. The Morgan fingerprint density at radius 1 is 1.22 bits per heavy atom. The summed E-state index contributed by atoms with van der Waals surface area (Å²) in [5.41, 5.74) is 0. The van der Waals surface area contributed by atoms with E-state index >= 15 is 0 Å². The van der Waals surface area contributed by atoms with Crippen molar-refractivity contribution in [2.45, 2.75) is 38.6 Å². The number of nitrogens with zero attached hydrogens (tertiary/aromatic N) is 4. The summed E-state index contributed by atoms with van der Waals surface area (Å²) in [5, 5.41) is 0.213. The van der Waals surface area contributed by atoms with Gasteiger partial charge in [0.15, 0.2) is 0 Å². The van der Waals surface area contributed by atoms with Gasteiger partial charge in [0.1, 0.15) is 0 Å². The van der Waals surface area contributed by atoms with Crippen LogP contribution in [0.2, 0.25) is 5.28 Å². The van der Waals surface area contributed by atoms with Gasteiger partial charge in [-0.2, -0.15) is 15.0 Å². The maximum atomic E-state index is 5.94. The lowest BCUT2D eigenvalue weighted by molar-refractivity contribution is 0.311. The lowest BCUT2D eigenvalue weighted by Crippen LogP contribution is -2.30. The van der Waals surface area contributed by atoms with Crippen molar-refractivity contribution in [2.75, 3.05) is 18.1 Å². The van der Waals surface area contributed by atoms with Crippen molar-refractivity contribution in [1.29, 1.82) is 0 Å². The van der Waals surface area contributed by atoms with Crippen molar-refractivity contribution in [3.8, 4) is 6.01 Å². The van der Waals surface area contributed by atoms with E-state index in [0.29, 0.717) is 24.6 Å². The monoisotopic (exact) mass is 268 g/mol. The number of ether oxygens (including phenoxy) is 1. The van der Waals surface area contributed by atoms with Gasteiger partial charge in [0.2, 0.25) is 11.2 Å². The van der Waals surface area contributed by atoms with Crippen LogP contribution in [0.3, 0.4) is 0 Å². The van der Waals surface area contributed by atoms with Crippen LogP contribution < -0.4 is 9.64 Å². The summed E-state index contributed by atoms with van der Waals surface area (Å²) in [6.07, 6.45) is 5.08. The summed E-state index contributed by atoms with van der Waals surface area (Å²) in [6.45, 7) is 3.47. The fourth-order valence-corrected chi connectivity index (χ4v) is 2.15. The fraction of sp³-hybridized carbons (Fsp3) is 0.750. The molecule has 0 spiro atoms. The third-order valence-corrected chi connectivity index (χ3v) is 3.41. The summed E-state index contributed by atoms with van der Waals surface area (Å²) in [7, 11) is 0. The minimum Gasteiger partial charge on any atom is -0.464 e. The Bertz CT molecular complexity index is 434. The van der Waals surface area contributed by atoms with Crippen LogP contribution in [-0.2, 0) is 0 Å². The molecule has 0 unspecified atom stereocenters. The molecule has 3 rings (SSSR count). The van der Waals surface area contributed by atoms with E-state index in [-0.39, 0.29) is 5.28 Å². The molecule has 1 aromatic rings. The van der Waals surface area contributed by atoms with Crippen LogP contribution >= 0.6 is 11.6 Å². The van der Waals surface area contributed by atoms with Crippen molar-refractivity contribution in [3.63, 3.8) is 0 Å². The highest BCUT2D eigenvalue weighted by Crippen LogP contribution is 2.36. The second-order valence-electron chi connectivity index (χ2n) is 4.95. The Morgan fingerprint density at radius 3 is 2.61 bits per heavy atom. The first kappa shape index (κ1) is 12.0. The van der Waals surface area contributed by atoms with E-state index in [1.54, 1.807) is 0 Å². The van der Waals surface area contributed by atoms with Gasteiger partial charge >= 0.3 is 6.01 Å². The highest BCUT2D eigenvalue weighted by molar-refractivity contribution is 6.28. The van der Waals surface area contributed by atoms with Gasteiger partial charge in [-0.15, -0.1) is 0 Å². The van der Waals surface area contributed by atoms with Gasteiger partial charge < -0.3 is 9.64 Å². The highest BCUT2D eigenvalue weighted by Gasteiger charge is 2.35. The maximum Gasteiger partial charge on any atom is 0.322 e. The smallest absolute Gasteiger partial charge is 0.322 e. The Hall–Kier alpha value is -1.10. The molecule has 5 nitrogen and oxygen atoms in total. The molecule has 2 saturated carbocycles. The first-order valence-corrected chi connectivity index (χ1v) is 6.95. The van der Waals surface area contributed by atoms with E-state index in [4.69, 9.17) is 16.3 Å². The quantitative estimate of drug-likeness (QED) is 0.792. The highest BCUT2D eigenvalue weighted by atomic mass is 35.5. The molecule has 2 aliphatic rings. The van der Waals surface area contributed by atoms with E-state index in [0.717, 1.165) is 12.5 Å². The molecule has 0 aliphatic heterocycles. The van der Waals surface area contributed by atoms with Gasteiger partial charge in [0.05, 0.1) is 6.61 Å². The third-order valence-electron chi connectivity index (χ3n) is 3.25. The van der Waals surface area contributed by atoms with Gasteiger partial charge in [-0.1, -0.05) is 0 Å². The average molecular weight is 269 g/mol. The summed E-state index contributed by atoms with van der Waals surface area (Å²) >= 11 is 5.94. The topological polar surface area (TPSA) is 51.1 Å². The van der Waals surface area contributed by atoms with Crippen LogP contribution in [0.4, 0.5) is 5.95 Å². The first-order chi connectivity index (χ1) is 8.76. The average Bonchev–Trinajstić information content (AvgIpc) is 3.19. The summed E-state index contributed by atoms with van der Waals surface area (Å²) in [4.78, 5) is 14.9. The normalized spacial score (nSPS) is 18.8. The van der Waals surface area contributed by atoms with E-state index < -0.39 is 0 Å². The van der Waals surface area contributed by atoms with Crippen LogP contribution in [0.15, 0.2) is 0 Å². The predicted molar refractivity (Wildman–Crippen MR) is 69.1 cm³/mol. The number of rotatable bonds is 6. The fourth-order valence-electron chi connectivity index (χ4n) is 2.00. The first-order valence-electron chi connectivity index (χ1n) is 6.57. The van der Waals surface area contributed by atoms with Gasteiger partial charge in [-0.25, -0.2) is 0 Å². The van der Waals surface area contributed by atoms with Crippen LogP contribution in [0.5, 0.6) is 6.01 Å². The number of hydrogen-bond donors (Lipinski definition) is 0. The Balaban J connectivity index is 1.82. The number of anilines is 1. The zero-order valence-corrected chi connectivity index (χ0v) is 11.2. The number of halogens is 1. The molecule has 2 aliphatic carbocycles. The molecule has 0 radical (unpaired) electrons. The van der Waals surface area contributed by atoms with Crippen molar-refractivity contribution in [3.05, 3.63) is 5.28 Å². The summed E-state index contributed by atoms with van der Waals surface area (Å²) in [6, 6.07) is 0.910. The Kier molecular flexibility index (Phi) is 3.24. The molecule has 6 heteroatoms. The third kappa shape index (κ3) is 2.83. The lowest BCUT2D eigenvalue weighted by atomic mass is 10.3. The summed E-state index contributed by atoms with van der Waals surface area (Å²) in [5.74, 6) is 1.48. The van der Waals surface area contributed by atoms with Gasteiger partial charge in [0, 0.05) is 12.6 Å². The molecule has 0 bridgehead atoms. The molecular formula is C12H17ClN4O. The molecule has 0 saturated heterocycles. The molecule has 1 heterocycles. The molecule has 2 fully saturated rings. The molecule has 0 amide bonds. The van der Waals surface area contributed by atoms with Crippen molar-refractivity contribution in [2.24, 2.45) is 5.92 Å². The SMILES string of the molecule is CCOc1nc(Cl)nc(N(CC2CC2)C2CC2)n1. The van der Waals surface area contributed by atoms with Gasteiger partial charge in [-0.3, -0.25) is 0 Å². The largest absolute Gasteiger partial charge is 0.464 e. The number of hydrogen-bond acceptors (Lipinski definition) is 5. The minimum absolute atomic E-state index is 0.213. The molecule has 0 atom stereocenters. The van der Waals surface area contributed by atoms with Crippen molar-refractivity contribution >= 4 is 17.5 Å². The Morgan fingerprint density at radius 2 is 2.00 bits per heavy atom. The molecule has 1 aromatic heterocycles. The molecular weight excluding hydrogens is 252 g/mol. The molecule has 18 heavy (non-hydrogen) atoms. The van der Waals surface area contributed by atoms with E-state index in [2.05, 4.69) is 19.9 Å². The summed E-state index contributed by atoms with van der Waals surface area (Å²) < 4.78 is 5.32. The van der Waals surface area contributed by atoms with Gasteiger partial charge in [-0.05, 0) is 50.1 Å². The zero-order chi connectivity index (χ0) is 12.5. The van der Waals surface area contributed by atoms with E-state index in [1.807, 2.05) is 6.92 Å². The van der Waals surface area contributed by atoms with Gasteiger partial charge in [0.25, 0.3) is 0 Å².